The highest BCUT2D eigenvalue weighted by Crippen LogP contribution is 2.17. The molecule has 0 fully saturated rings. The van der Waals surface area contributed by atoms with Gasteiger partial charge in [-0.15, -0.1) is 0 Å². The molecular weight excluding hydrogens is 330 g/mol. The van der Waals surface area contributed by atoms with E-state index in [2.05, 4.69) is 4.98 Å². The molecule has 0 bridgehead atoms. The predicted molar refractivity (Wildman–Crippen MR) is 98.0 cm³/mol. The van der Waals surface area contributed by atoms with Gasteiger partial charge in [0, 0.05) is 25.0 Å². The van der Waals surface area contributed by atoms with Crippen LogP contribution < -0.4 is 4.74 Å². The van der Waals surface area contributed by atoms with Crippen molar-refractivity contribution in [2.24, 2.45) is 0 Å². The van der Waals surface area contributed by atoms with Gasteiger partial charge in [-0.25, -0.2) is 4.98 Å². The molecule has 1 amide bonds. The number of rotatable bonds is 7. The van der Waals surface area contributed by atoms with E-state index in [1.54, 1.807) is 30.3 Å². The Morgan fingerprint density at radius 3 is 2.85 bits per heavy atom. The van der Waals surface area contributed by atoms with E-state index in [-0.39, 0.29) is 11.9 Å². The largest absolute Gasteiger partial charge is 0.497 e. The van der Waals surface area contributed by atoms with Crippen LogP contribution >= 0.6 is 0 Å². The van der Waals surface area contributed by atoms with E-state index in [0.29, 0.717) is 18.8 Å². The zero-order chi connectivity index (χ0) is 18.5. The van der Waals surface area contributed by atoms with Gasteiger partial charge in [-0.3, -0.25) is 4.79 Å². The fourth-order valence-corrected chi connectivity index (χ4v) is 2.79. The molecule has 0 aliphatic heterocycles. The van der Waals surface area contributed by atoms with Crippen LogP contribution in [0, 0.1) is 0 Å². The number of aromatic nitrogens is 2. The van der Waals surface area contributed by atoms with Gasteiger partial charge in [-0.2, -0.15) is 0 Å². The van der Waals surface area contributed by atoms with Crippen LogP contribution in [0.2, 0.25) is 0 Å². The van der Waals surface area contributed by atoms with Gasteiger partial charge in [0.05, 0.1) is 19.9 Å². The Morgan fingerprint density at radius 2 is 2.15 bits per heavy atom. The Bertz CT molecular complexity index is 853. The fourth-order valence-electron chi connectivity index (χ4n) is 2.79. The van der Waals surface area contributed by atoms with Gasteiger partial charge in [0.25, 0.3) is 5.91 Å². The minimum absolute atomic E-state index is 0.0227. The monoisotopic (exact) mass is 353 g/mol. The highest BCUT2D eigenvalue weighted by atomic mass is 16.5. The summed E-state index contributed by atoms with van der Waals surface area (Å²) < 4.78 is 12.6. The minimum Gasteiger partial charge on any atom is -0.497 e. The number of carbonyl (C=O) groups is 1. The summed E-state index contributed by atoms with van der Waals surface area (Å²) in [5.41, 5.74) is 1.11. The maximum absolute atomic E-state index is 12.7. The van der Waals surface area contributed by atoms with E-state index >= 15 is 0 Å². The van der Waals surface area contributed by atoms with Crippen molar-refractivity contribution in [3.8, 4) is 5.75 Å². The lowest BCUT2D eigenvalue weighted by molar-refractivity contribution is 0.0650. The summed E-state index contributed by atoms with van der Waals surface area (Å²) in [5, 5.41) is 0. The van der Waals surface area contributed by atoms with Crippen LogP contribution in [0.25, 0.3) is 0 Å². The summed E-state index contributed by atoms with van der Waals surface area (Å²) in [6.45, 7) is 5.04. The van der Waals surface area contributed by atoms with Crippen molar-refractivity contribution in [2.45, 2.75) is 33.0 Å². The lowest BCUT2D eigenvalue weighted by atomic mass is 10.2. The molecule has 0 atom stereocenters. The van der Waals surface area contributed by atoms with E-state index < -0.39 is 0 Å². The highest BCUT2D eigenvalue weighted by Gasteiger charge is 2.23. The average molecular weight is 353 g/mol. The molecule has 0 radical (unpaired) electrons. The summed E-state index contributed by atoms with van der Waals surface area (Å²) >= 11 is 0. The molecule has 6 heteroatoms. The summed E-state index contributed by atoms with van der Waals surface area (Å²) in [5.74, 6) is 1.84. The second-order valence-electron chi connectivity index (χ2n) is 6.33. The molecule has 0 aliphatic rings. The Hall–Kier alpha value is -3.02. The molecule has 0 aliphatic carbocycles. The molecule has 3 rings (SSSR count). The Labute approximate surface area is 153 Å². The minimum atomic E-state index is -0.138. The van der Waals surface area contributed by atoms with Crippen LogP contribution in [0.4, 0.5) is 0 Å². The van der Waals surface area contributed by atoms with Crippen molar-refractivity contribution in [3.63, 3.8) is 0 Å². The molecule has 2 heterocycles. The van der Waals surface area contributed by atoms with Crippen LogP contribution in [0.1, 0.15) is 35.8 Å². The molecule has 136 valence electrons. The molecular formula is C20H23N3O3. The van der Waals surface area contributed by atoms with Crippen molar-refractivity contribution in [1.29, 1.82) is 0 Å². The molecule has 0 N–H and O–H groups in total. The maximum Gasteiger partial charge on any atom is 0.290 e. The number of imidazole rings is 1. The normalized spacial score (nSPS) is 10.9. The first kappa shape index (κ1) is 17.8. The standard InChI is InChI=1S/C20H23N3O3/c1-15(2)23(20(24)18-8-5-11-26-18)14-19-21-9-10-22(19)13-16-6-4-7-17(12-16)25-3/h4-12,15H,13-14H2,1-3H3. The quantitative estimate of drug-likeness (QED) is 0.651. The summed E-state index contributed by atoms with van der Waals surface area (Å²) in [4.78, 5) is 18.9. The van der Waals surface area contributed by atoms with Crippen LogP contribution in [-0.4, -0.2) is 33.5 Å². The van der Waals surface area contributed by atoms with E-state index in [1.807, 2.05) is 48.9 Å². The molecule has 26 heavy (non-hydrogen) atoms. The summed E-state index contributed by atoms with van der Waals surface area (Å²) in [6.07, 6.45) is 5.19. The number of nitrogens with zero attached hydrogens (tertiary/aromatic N) is 3. The second kappa shape index (κ2) is 7.91. The third-order valence-corrected chi connectivity index (χ3v) is 4.22. The fraction of sp³-hybridized carbons (Fsp3) is 0.300. The van der Waals surface area contributed by atoms with Crippen LogP contribution in [0.15, 0.2) is 59.5 Å². The van der Waals surface area contributed by atoms with Crippen molar-refractivity contribution < 1.29 is 13.9 Å². The first-order chi connectivity index (χ1) is 12.6. The van der Waals surface area contributed by atoms with Gasteiger partial charge >= 0.3 is 0 Å². The molecule has 0 saturated heterocycles. The Kier molecular flexibility index (Phi) is 5.41. The first-order valence-corrected chi connectivity index (χ1v) is 8.56. The number of benzene rings is 1. The van der Waals surface area contributed by atoms with Crippen LogP contribution in [0.5, 0.6) is 5.75 Å². The zero-order valence-corrected chi connectivity index (χ0v) is 15.3. The lowest BCUT2D eigenvalue weighted by Gasteiger charge is -2.25. The average Bonchev–Trinajstić information content (AvgIpc) is 3.31. The number of hydrogen-bond donors (Lipinski definition) is 0. The molecule has 3 aromatic rings. The summed E-state index contributed by atoms with van der Waals surface area (Å²) in [6, 6.07) is 11.3. The number of furan rings is 1. The number of amides is 1. The van der Waals surface area contributed by atoms with Crippen LogP contribution in [0.3, 0.4) is 0 Å². The number of ether oxygens (including phenoxy) is 1. The predicted octanol–water partition coefficient (Wildman–Crippen LogP) is 3.58. The van der Waals surface area contributed by atoms with Crippen molar-refractivity contribution in [1.82, 2.24) is 14.5 Å². The van der Waals surface area contributed by atoms with Crippen LogP contribution in [-0.2, 0) is 13.1 Å². The number of carbonyl (C=O) groups excluding carboxylic acids is 1. The van der Waals surface area contributed by atoms with Gasteiger partial charge in [0.15, 0.2) is 5.76 Å². The molecule has 0 saturated carbocycles. The SMILES string of the molecule is COc1cccc(Cn2ccnc2CN(C(=O)c2ccco2)C(C)C)c1. The van der Waals surface area contributed by atoms with Crippen molar-refractivity contribution >= 4 is 5.91 Å². The highest BCUT2D eigenvalue weighted by molar-refractivity contribution is 5.91. The van der Waals surface area contributed by atoms with Gasteiger partial charge < -0.3 is 18.6 Å². The van der Waals surface area contributed by atoms with E-state index in [9.17, 15) is 4.79 Å². The van der Waals surface area contributed by atoms with Crippen molar-refractivity contribution in [3.05, 3.63) is 72.2 Å². The third kappa shape index (κ3) is 3.96. The third-order valence-electron chi connectivity index (χ3n) is 4.22. The smallest absolute Gasteiger partial charge is 0.290 e. The topological polar surface area (TPSA) is 60.5 Å². The lowest BCUT2D eigenvalue weighted by Crippen LogP contribution is -2.37. The molecule has 1 aromatic carbocycles. The zero-order valence-electron chi connectivity index (χ0n) is 15.3. The summed E-state index contributed by atoms with van der Waals surface area (Å²) in [7, 11) is 1.66. The van der Waals surface area contributed by atoms with Gasteiger partial charge in [-0.1, -0.05) is 12.1 Å². The van der Waals surface area contributed by atoms with E-state index in [4.69, 9.17) is 9.15 Å². The molecule has 0 spiro atoms. The van der Waals surface area contributed by atoms with E-state index in [1.165, 1.54) is 6.26 Å². The molecule has 0 unspecified atom stereocenters. The molecule has 2 aromatic heterocycles. The van der Waals surface area contributed by atoms with Gasteiger partial charge in [0.1, 0.15) is 11.6 Å². The number of methoxy groups -OCH3 is 1. The second-order valence-corrected chi connectivity index (χ2v) is 6.33. The van der Waals surface area contributed by atoms with Gasteiger partial charge in [0.2, 0.25) is 0 Å². The Balaban J connectivity index is 1.79. The Morgan fingerprint density at radius 1 is 1.31 bits per heavy atom. The van der Waals surface area contributed by atoms with Gasteiger partial charge in [-0.05, 0) is 43.7 Å². The molecule has 6 nitrogen and oxygen atoms in total. The number of hydrogen-bond acceptors (Lipinski definition) is 4. The van der Waals surface area contributed by atoms with Crippen molar-refractivity contribution in [2.75, 3.05) is 7.11 Å². The van der Waals surface area contributed by atoms with E-state index in [0.717, 1.165) is 17.1 Å². The first-order valence-electron chi connectivity index (χ1n) is 8.56. The maximum atomic E-state index is 12.7.